The maximum absolute atomic E-state index is 12.1. The summed E-state index contributed by atoms with van der Waals surface area (Å²) in [6.45, 7) is 13.1. The van der Waals surface area contributed by atoms with E-state index in [1.54, 1.807) is 0 Å². The second-order valence-electron chi connectivity index (χ2n) is 9.65. The summed E-state index contributed by atoms with van der Waals surface area (Å²) >= 11 is 0. The Balaban J connectivity index is 1.44. The molecule has 2 heterocycles. The van der Waals surface area contributed by atoms with Gasteiger partial charge in [-0.3, -0.25) is 9.69 Å². The molecule has 1 saturated heterocycles. The van der Waals surface area contributed by atoms with Gasteiger partial charge in [-0.15, -0.1) is 6.58 Å². The van der Waals surface area contributed by atoms with Crippen LogP contribution in [0.4, 0.5) is 5.69 Å². The van der Waals surface area contributed by atoms with Crippen LogP contribution >= 0.6 is 0 Å². The Labute approximate surface area is 204 Å². The molecule has 1 unspecified atom stereocenters. The van der Waals surface area contributed by atoms with Crippen molar-refractivity contribution in [3.8, 4) is 0 Å². The zero-order chi connectivity index (χ0) is 24.1. The fourth-order valence-corrected chi connectivity index (χ4v) is 4.95. The summed E-state index contributed by atoms with van der Waals surface area (Å²) in [5.74, 6) is 0.588. The first-order valence-corrected chi connectivity index (χ1v) is 12.5. The fraction of sp³-hybridized carbons (Fsp3) is 0.367. The van der Waals surface area contributed by atoms with E-state index in [2.05, 4.69) is 89.1 Å². The molecule has 1 aliphatic heterocycles. The highest BCUT2D eigenvalue weighted by Gasteiger charge is 2.22. The lowest BCUT2D eigenvalue weighted by Crippen LogP contribution is -2.32. The van der Waals surface area contributed by atoms with Gasteiger partial charge in [-0.2, -0.15) is 0 Å². The molecule has 1 N–H and O–H groups in total. The van der Waals surface area contributed by atoms with Gasteiger partial charge in [0.2, 0.25) is 5.91 Å². The van der Waals surface area contributed by atoms with Gasteiger partial charge in [-0.25, -0.2) is 0 Å². The first-order chi connectivity index (χ1) is 16.5. The number of nitrogens with zero attached hydrogens (tertiary/aromatic N) is 2. The third-order valence-corrected chi connectivity index (χ3v) is 6.91. The van der Waals surface area contributed by atoms with Gasteiger partial charge >= 0.3 is 0 Å². The number of carbonyl (C=O) groups excluding carboxylic acids is 1. The van der Waals surface area contributed by atoms with Crippen LogP contribution in [0.2, 0.25) is 0 Å². The third-order valence-electron chi connectivity index (χ3n) is 6.91. The molecule has 178 valence electrons. The molecule has 2 aromatic carbocycles. The lowest BCUT2D eigenvalue weighted by atomic mass is 9.89. The average Bonchev–Trinajstić information content (AvgIpc) is 3.21. The number of amides is 1. The quantitative estimate of drug-likeness (QED) is 0.374. The van der Waals surface area contributed by atoms with Gasteiger partial charge < -0.3 is 9.88 Å². The number of aromatic nitrogens is 1. The van der Waals surface area contributed by atoms with Crippen molar-refractivity contribution in [2.75, 3.05) is 18.4 Å². The zero-order valence-corrected chi connectivity index (χ0v) is 20.7. The molecule has 4 rings (SSSR count). The summed E-state index contributed by atoms with van der Waals surface area (Å²) in [5.41, 5.74) is 4.88. The van der Waals surface area contributed by atoms with Crippen molar-refractivity contribution in [3.63, 3.8) is 0 Å². The van der Waals surface area contributed by atoms with Gasteiger partial charge in [0.1, 0.15) is 0 Å². The normalized spacial score (nSPS) is 16.4. The molecule has 1 aliphatic rings. The molecule has 4 heteroatoms. The molecule has 0 saturated carbocycles. The van der Waals surface area contributed by atoms with E-state index in [9.17, 15) is 4.79 Å². The molecule has 34 heavy (non-hydrogen) atoms. The number of anilines is 1. The van der Waals surface area contributed by atoms with Crippen molar-refractivity contribution in [3.05, 3.63) is 90.7 Å². The Hall–Kier alpha value is -3.11. The van der Waals surface area contributed by atoms with Gasteiger partial charge in [0.15, 0.2) is 0 Å². The summed E-state index contributed by atoms with van der Waals surface area (Å²) in [4.78, 5) is 14.7. The van der Waals surface area contributed by atoms with Gasteiger partial charge in [-0.1, -0.05) is 62.4 Å². The Bertz CT molecular complexity index is 1160. The number of carbonyl (C=O) groups is 1. The minimum atomic E-state index is -0.0161. The maximum Gasteiger partial charge on any atom is 0.226 e. The number of allylic oxidation sites excluding steroid dienone is 3. The molecular weight excluding hydrogens is 418 g/mol. The summed E-state index contributed by atoms with van der Waals surface area (Å²) in [6, 6.07) is 17.3. The van der Waals surface area contributed by atoms with E-state index in [1.165, 1.54) is 22.0 Å². The summed E-state index contributed by atoms with van der Waals surface area (Å²) in [6.07, 6.45) is 10.9. The van der Waals surface area contributed by atoms with Crippen LogP contribution in [-0.2, 0) is 11.3 Å². The van der Waals surface area contributed by atoms with Crippen molar-refractivity contribution >= 4 is 22.5 Å². The Kier molecular flexibility index (Phi) is 7.69. The maximum atomic E-state index is 12.1. The van der Waals surface area contributed by atoms with Crippen LogP contribution in [-0.4, -0.2) is 28.5 Å². The summed E-state index contributed by atoms with van der Waals surface area (Å²) in [7, 11) is 0. The van der Waals surface area contributed by atoms with Crippen LogP contribution in [0.3, 0.4) is 0 Å². The molecule has 1 amide bonds. The number of benzene rings is 2. The van der Waals surface area contributed by atoms with Gasteiger partial charge in [0, 0.05) is 35.2 Å². The highest BCUT2D eigenvalue weighted by Crippen LogP contribution is 2.32. The lowest BCUT2D eigenvalue weighted by Gasteiger charge is -2.32. The molecule has 1 aromatic heterocycles. The second kappa shape index (κ2) is 10.9. The number of piperidine rings is 1. The van der Waals surface area contributed by atoms with Crippen molar-refractivity contribution in [1.82, 2.24) is 9.47 Å². The van der Waals surface area contributed by atoms with Crippen LogP contribution in [0.1, 0.15) is 56.7 Å². The number of fused-ring (bicyclic) bond motifs is 1. The fourth-order valence-electron chi connectivity index (χ4n) is 4.95. The molecule has 0 spiro atoms. The van der Waals surface area contributed by atoms with Crippen molar-refractivity contribution in [2.24, 2.45) is 5.92 Å². The van der Waals surface area contributed by atoms with Crippen molar-refractivity contribution in [1.29, 1.82) is 0 Å². The Morgan fingerprint density at radius 2 is 1.91 bits per heavy atom. The monoisotopic (exact) mass is 455 g/mol. The molecule has 0 bridgehead atoms. The minimum Gasteiger partial charge on any atom is -0.337 e. The Morgan fingerprint density at radius 3 is 2.62 bits per heavy atom. The highest BCUT2D eigenvalue weighted by atomic mass is 16.1. The average molecular weight is 456 g/mol. The number of likely N-dealkylation sites (tertiary alicyclic amines) is 1. The zero-order valence-electron chi connectivity index (χ0n) is 20.7. The van der Waals surface area contributed by atoms with Crippen LogP contribution in [0.15, 0.2) is 79.5 Å². The largest absolute Gasteiger partial charge is 0.337 e. The Morgan fingerprint density at radius 1 is 1.15 bits per heavy atom. The molecule has 1 fully saturated rings. The first kappa shape index (κ1) is 24.0. The molecule has 3 aromatic rings. The summed E-state index contributed by atoms with van der Waals surface area (Å²) in [5, 5.41) is 4.37. The number of hydrogen-bond acceptors (Lipinski definition) is 2. The molecule has 0 aliphatic carbocycles. The van der Waals surface area contributed by atoms with Crippen LogP contribution in [0.25, 0.3) is 10.9 Å². The first-order valence-electron chi connectivity index (χ1n) is 12.5. The summed E-state index contributed by atoms with van der Waals surface area (Å²) < 4.78 is 2.33. The standard InChI is InChI=1S/C30H37N3O/c1-5-10-27(6-2)33-21-25(28-13-7-8-14-29(28)33)20-32-17-15-23(16-18-32)24-11-9-12-26(19-24)31-30(34)22(3)4/h5-14,19,21-23,27H,2,15-18,20H2,1,3-4H3,(H,31,34)/b10-5-. The van der Waals surface area contributed by atoms with E-state index in [4.69, 9.17) is 0 Å². The minimum absolute atomic E-state index is 0.0161. The van der Waals surface area contributed by atoms with Crippen molar-refractivity contribution in [2.45, 2.75) is 52.1 Å². The number of hydrogen-bond donors (Lipinski definition) is 1. The molecular formula is C30H37N3O. The lowest BCUT2D eigenvalue weighted by molar-refractivity contribution is -0.118. The van der Waals surface area contributed by atoms with E-state index in [1.807, 2.05) is 26.0 Å². The van der Waals surface area contributed by atoms with E-state index in [-0.39, 0.29) is 17.9 Å². The predicted molar refractivity (Wildman–Crippen MR) is 143 cm³/mol. The highest BCUT2D eigenvalue weighted by molar-refractivity contribution is 5.92. The number of para-hydroxylation sites is 1. The van der Waals surface area contributed by atoms with E-state index < -0.39 is 0 Å². The van der Waals surface area contributed by atoms with Crippen LogP contribution in [0, 0.1) is 5.92 Å². The van der Waals surface area contributed by atoms with E-state index in [0.717, 1.165) is 38.2 Å². The van der Waals surface area contributed by atoms with Gasteiger partial charge in [0.05, 0.1) is 6.04 Å². The van der Waals surface area contributed by atoms with Crippen molar-refractivity contribution < 1.29 is 4.79 Å². The van der Waals surface area contributed by atoms with Crippen LogP contribution < -0.4 is 5.32 Å². The van der Waals surface area contributed by atoms with Crippen LogP contribution in [0.5, 0.6) is 0 Å². The number of rotatable bonds is 8. The van der Waals surface area contributed by atoms with E-state index >= 15 is 0 Å². The predicted octanol–water partition coefficient (Wildman–Crippen LogP) is 6.92. The topological polar surface area (TPSA) is 37.3 Å². The molecule has 1 atom stereocenters. The SMILES string of the molecule is C=CC(/C=C\C)n1cc(CN2CCC(c3cccc(NC(=O)C(C)C)c3)CC2)c2ccccc21. The van der Waals surface area contributed by atoms with Gasteiger partial charge in [0.25, 0.3) is 0 Å². The van der Waals surface area contributed by atoms with Gasteiger partial charge in [-0.05, 0) is 68.1 Å². The van der Waals surface area contributed by atoms with E-state index in [0.29, 0.717) is 5.92 Å². The molecule has 0 radical (unpaired) electrons. The smallest absolute Gasteiger partial charge is 0.226 e. The third kappa shape index (κ3) is 5.34. The second-order valence-corrected chi connectivity index (χ2v) is 9.65. The molecule has 4 nitrogen and oxygen atoms in total. The number of nitrogens with one attached hydrogen (secondary N) is 1.